The van der Waals surface area contributed by atoms with Crippen LogP contribution >= 0.6 is 0 Å². The first-order valence-corrected chi connectivity index (χ1v) is 10.9. The number of benzene rings is 1. The fraction of sp³-hybridized carbons (Fsp3) is 0.167. The molecule has 1 aliphatic heterocycles. The van der Waals surface area contributed by atoms with E-state index in [-0.39, 0.29) is 30.3 Å². The predicted octanol–water partition coefficient (Wildman–Crippen LogP) is 3.14. The lowest BCUT2D eigenvalue weighted by Gasteiger charge is -2.29. The number of ether oxygens (including phenoxy) is 1. The highest BCUT2D eigenvalue weighted by Crippen LogP contribution is 2.43. The van der Waals surface area contributed by atoms with E-state index in [0.717, 1.165) is 6.20 Å². The molecule has 1 atom stereocenters. The van der Waals surface area contributed by atoms with E-state index in [9.17, 15) is 18.4 Å². The van der Waals surface area contributed by atoms with Gasteiger partial charge in [0.05, 0.1) is 36.5 Å². The van der Waals surface area contributed by atoms with Crippen molar-refractivity contribution in [1.82, 2.24) is 30.0 Å². The van der Waals surface area contributed by atoms with Crippen LogP contribution in [0, 0.1) is 11.6 Å². The maximum absolute atomic E-state index is 14.3. The number of carbonyl (C=O) groups is 2. The third kappa shape index (κ3) is 3.21. The van der Waals surface area contributed by atoms with Crippen molar-refractivity contribution in [2.45, 2.75) is 18.5 Å². The van der Waals surface area contributed by atoms with Crippen molar-refractivity contribution in [3.05, 3.63) is 71.1 Å². The molecule has 10 nitrogen and oxygen atoms in total. The molecular weight excluding hydrogens is 472 g/mol. The summed E-state index contributed by atoms with van der Waals surface area (Å²) in [5.41, 5.74) is 0.275. The summed E-state index contributed by atoms with van der Waals surface area (Å²) in [5, 5.41) is 10.2. The molecule has 4 aromatic rings. The molecule has 12 heteroatoms. The van der Waals surface area contributed by atoms with Gasteiger partial charge in [-0.3, -0.25) is 4.79 Å². The fourth-order valence-electron chi connectivity index (χ4n) is 4.58. The number of nitrogens with zero attached hydrogens (tertiary/aromatic N) is 5. The Labute approximate surface area is 202 Å². The third-order valence-corrected chi connectivity index (χ3v) is 6.23. The Morgan fingerprint density at radius 3 is 2.92 bits per heavy atom. The largest absolute Gasteiger partial charge is 0.453 e. The van der Waals surface area contributed by atoms with Gasteiger partial charge in [0.25, 0.3) is 5.91 Å². The van der Waals surface area contributed by atoms with E-state index < -0.39 is 29.2 Å². The molecule has 0 spiro atoms. The van der Waals surface area contributed by atoms with Crippen molar-refractivity contribution in [1.29, 1.82) is 0 Å². The van der Waals surface area contributed by atoms with Crippen LogP contribution in [-0.2, 0) is 21.6 Å². The summed E-state index contributed by atoms with van der Waals surface area (Å²) >= 11 is 0. The number of carbonyl (C=O) groups excluding carboxylic acids is 2. The van der Waals surface area contributed by atoms with Gasteiger partial charge in [-0.05, 0) is 18.2 Å². The van der Waals surface area contributed by atoms with E-state index in [1.807, 2.05) is 0 Å². The van der Waals surface area contributed by atoms with Gasteiger partial charge < -0.3 is 15.4 Å². The smallest absolute Gasteiger partial charge is 0.408 e. The molecule has 0 fully saturated rings. The molecule has 2 amide bonds. The second-order valence-electron chi connectivity index (χ2n) is 8.36. The van der Waals surface area contributed by atoms with Crippen molar-refractivity contribution in [2.75, 3.05) is 12.4 Å². The summed E-state index contributed by atoms with van der Waals surface area (Å²) in [6.07, 6.45) is 3.88. The number of halogens is 2. The number of hydrogen-bond donors (Lipinski definition) is 2. The zero-order valence-electron chi connectivity index (χ0n) is 18.7. The summed E-state index contributed by atoms with van der Waals surface area (Å²) in [6, 6.07) is 7.50. The molecule has 2 N–H and O–H groups in total. The van der Waals surface area contributed by atoms with Crippen molar-refractivity contribution >= 4 is 34.9 Å². The highest BCUT2D eigenvalue weighted by atomic mass is 19.1. The molecule has 1 aromatic carbocycles. The van der Waals surface area contributed by atoms with Crippen LogP contribution in [0.2, 0.25) is 0 Å². The Balaban J connectivity index is 1.51. The number of amides is 2. The van der Waals surface area contributed by atoms with Crippen LogP contribution in [0.4, 0.5) is 19.4 Å². The maximum Gasteiger partial charge on any atom is 0.408 e. The Morgan fingerprint density at radius 2 is 2.11 bits per heavy atom. The number of hydrogen-bond acceptors (Lipinski definition) is 7. The number of fused-ring (bicyclic) bond motifs is 1. The van der Waals surface area contributed by atoms with Gasteiger partial charge in [0, 0.05) is 12.0 Å². The van der Waals surface area contributed by atoms with Crippen LogP contribution in [-0.4, -0.2) is 43.8 Å². The van der Waals surface area contributed by atoms with Gasteiger partial charge in [-0.2, -0.15) is 5.10 Å². The Kier molecular flexibility index (Phi) is 4.78. The summed E-state index contributed by atoms with van der Waals surface area (Å²) in [4.78, 5) is 38.2. The van der Waals surface area contributed by atoms with Gasteiger partial charge in [0.15, 0.2) is 17.0 Å². The lowest BCUT2D eigenvalue weighted by molar-refractivity contribution is -0.121. The third-order valence-electron chi connectivity index (χ3n) is 6.23. The average molecular weight is 489 g/mol. The number of alkyl carbamates (subject to hydrolysis) is 1. The number of nitrogens with one attached hydrogen (secondary N) is 2. The first-order chi connectivity index (χ1) is 17.4. The van der Waals surface area contributed by atoms with Crippen LogP contribution in [0.1, 0.15) is 23.2 Å². The molecule has 0 unspecified atom stereocenters. The van der Waals surface area contributed by atoms with Crippen LogP contribution in [0.5, 0.6) is 0 Å². The topological polar surface area (TPSA) is 124 Å². The van der Waals surface area contributed by atoms with Crippen molar-refractivity contribution in [3.8, 4) is 11.5 Å². The number of rotatable bonds is 4. The zero-order valence-corrected chi connectivity index (χ0v) is 18.7. The van der Waals surface area contributed by atoms with Crippen LogP contribution in [0.15, 0.2) is 42.6 Å². The molecule has 0 saturated heterocycles. The summed E-state index contributed by atoms with van der Waals surface area (Å²) in [5.74, 6) is -1.19. The molecule has 3 aromatic heterocycles. The number of aromatic nitrogens is 5. The number of anilines is 1. The Bertz CT molecular complexity index is 1620. The van der Waals surface area contributed by atoms with E-state index in [0.29, 0.717) is 27.9 Å². The molecule has 4 heterocycles. The van der Waals surface area contributed by atoms with Gasteiger partial charge in [0.2, 0.25) is 0 Å². The number of methoxy groups -OCH3 is 1. The van der Waals surface area contributed by atoms with Gasteiger partial charge in [-0.1, -0.05) is 24.3 Å². The zero-order chi connectivity index (χ0) is 25.0. The molecule has 2 aliphatic rings. The second-order valence-corrected chi connectivity index (χ2v) is 8.36. The molecule has 36 heavy (non-hydrogen) atoms. The molecule has 180 valence electrons. The predicted molar refractivity (Wildman–Crippen MR) is 124 cm³/mol. The van der Waals surface area contributed by atoms with Crippen LogP contribution in [0.25, 0.3) is 28.6 Å². The first kappa shape index (κ1) is 21.8. The van der Waals surface area contributed by atoms with Gasteiger partial charge in [-0.25, -0.2) is 33.2 Å². The molecule has 0 radical (unpaired) electrons. The second kappa shape index (κ2) is 7.90. The molecule has 0 saturated carbocycles. The minimum atomic E-state index is -1.41. The van der Waals surface area contributed by atoms with E-state index in [2.05, 4.69) is 30.7 Å². The first-order valence-electron chi connectivity index (χ1n) is 10.9. The standard InChI is InChI=1S/C24H17F2N7O3/c1-36-23(35)31-24-8-4-7-16-17(24)19(30-22(24)34)29-20(28-16)18-14-9-13(25)10-27-21(14)33(32-18)11-12-5-2-3-6-15(12)26/h2-7,9-10H,8,11H2,1H3,(H,31,35)(H,28,29,30,34)/t24-/m1/s1. The van der Waals surface area contributed by atoms with Crippen LogP contribution < -0.4 is 10.6 Å². The fourth-order valence-corrected chi connectivity index (χ4v) is 4.58. The SMILES string of the molecule is COC(=O)N[C@]12CC=Cc3nc(-c4nn(Cc5ccccc5F)c5ncc(F)cc45)nc(c31)NC2=O. The summed E-state index contributed by atoms with van der Waals surface area (Å²) < 4.78 is 34.7. The Morgan fingerprint density at radius 1 is 1.28 bits per heavy atom. The quantitative estimate of drug-likeness (QED) is 0.451. The average Bonchev–Trinajstić information content (AvgIpc) is 3.35. The minimum absolute atomic E-state index is 0.0441. The van der Waals surface area contributed by atoms with E-state index in [1.54, 1.807) is 30.4 Å². The van der Waals surface area contributed by atoms with Crippen molar-refractivity contribution < 1.29 is 23.1 Å². The lowest BCUT2D eigenvalue weighted by Crippen LogP contribution is -2.51. The van der Waals surface area contributed by atoms with E-state index in [1.165, 1.54) is 23.9 Å². The molecule has 1 aliphatic carbocycles. The normalized spacial score (nSPS) is 17.7. The Hall–Kier alpha value is -4.74. The van der Waals surface area contributed by atoms with Gasteiger partial charge >= 0.3 is 6.09 Å². The highest BCUT2D eigenvalue weighted by molar-refractivity contribution is 6.08. The summed E-state index contributed by atoms with van der Waals surface area (Å²) in [6.45, 7) is 0.0441. The van der Waals surface area contributed by atoms with Crippen molar-refractivity contribution in [3.63, 3.8) is 0 Å². The monoisotopic (exact) mass is 489 g/mol. The van der Waals surface area contributed by atoms with Gasteiger partial charge in [-0.15, -0.1) is 0 Å². The van der Waals surface area contributed by atoms with Gasteiger partial charge in [0.1, 0.15) is 23.1 Å². The highest BCUT2D eigenvalue weighted by Gasteiger charge is 2.52. The van der Waals surface area contributed by atoms with Crippen LogP contribution in [0.3, 0.4) is 0 Å². The molecular formula is C24H17F2N7O3. The van der Waals surface area contributed by atoms with E-state index >= 15 is 0 Å². The molecule has 6 rings (SSSR count). The van der Waals surface area contributed by atoms with E-state index in [4.69, 9.17) is 4.74 Å². The summed E-state index contributed by atoms with van der Waals surface area (Å²) in [7, 11) is 1.20. The minimum Gasteiger partial charge on any atom is -0.453 e. The van der Waals surface area contributed by atoms with Crippen molar-refractivity contribution in [2.24, 2.45) is 0 Å². The lowest BCUT2D eigenvalue weighted by atomic mass is 9.84. The number of pyridine rings is 1. The maximum atomic E-state index is 14.3. The molecule has 0 bridgehead atoms.